The number of hydrogen-bond acceptors (Lipinski definition) is 3. The van der Waals surface area contributed by atoms with Crippen molar-refractivity contribution in [2.45, 2.75) is 26.0 Å². The number of aromatic nitrogens is 2. The van der Waals surface area contributed by atoms with E-state index in [9.17, 15) is 4.79 Å². The molecule has 0 fully saturated rings. The molecular weight excluding hydrogens is 314 g/mol. The summed E-state index contributed by atoms with van der Waals surface area (Å²) in [7, 11) is 0. The summed E-state index contributed by atoms with van der Waals surface area (Å²) in [5.74, 6) is 0.952. The Hall–Kier alpha value is -2.66. The minimum atomic E-state index is 0.0265. The molecule has 3 aromatic rings. The third-order valence-corrected chi connectivity index (χ3v) is 4.57. The number of carbonyl (C=O) groups is 1. The molecule has 0 bridgehead atoms. The molecule has 1 aliphatic heterocycles. The van der Waals surface area contributed by atoms with E-state index in [1.54, 1.807) is 0 Å². The van der Waals surface area contributed by atoms with Gasteiger partial charge in [0.05, 0.1) is 30.1 Å². The van der Waals surface area contributed by atoms with Crippen molar-refractivity contribution >= 4 is 16.9 Å². The molecule has 0 radical (unpaired) electrons. The minimum Gasteiger partial charge on any atom is -0.371 e. The highest BCUT2D eigenvalue weighted by Crippen LogP contribution is 2.26. The molecule has 5 nitrogen and oxygen atoms in total. The van der Waals surface area contributed by atoms with Crippen molar-refractivity contribution in [1.29, 1.82) is 0 Å². The lowest BCUT2D eigenvalue weighted by molar-refractivity contribution is -0.120. The summed E-state index contributed by atoms with van der Waals surface area (Å²) in [4.78, 5) is 16.9. The van der Waals surface area contributed by atoms with Crippen molar-refractivity contribution in [2.75, 3.05) is 13.2 Å². The standard InChI is InChI=1S/C20H21N3O2/c1-14-7-8-18-17(9-14)22-19-13-25-12-16(23(18)19)11-21-20(24)10-15-5-3-2-4-6-15/h2-9,16H,10-13H2,1H3,(H,21,24). The van der Waals surface area contributed by atoms with Gasteiger partial charge in [-0.1, -0.05) is 36.4 Å². The van der Waals surface area contributed by atoms with Crippen LogP contribution in [0.2, 0.25) is 0 Å². The Morgan fingerprint density at radius 3 is 2.96 bits per heavy atom. The summed E-state index contributed by atoms with van der Waals surface area (Å²) < 4.78 is 7.89. The van der Waals surface area contributed by atoms with Crippen molar-refractivity contribution in [3.63, 3.8) is 0 Å². The molecule has 0 spiro atoms. The van der Waals surface area contributed by atoms with Gasteiger partial charge in [-0.15, -0.1) is 0 Å². The molecule has 0 saturated carbocycles. The number of nitrogens with one attached hydrogen (secondary N) is 1. The second-order valence-corrected chi connectivity index (χ2v) is 6.53. The normalized spacial score (nSPS) is 16.6. The molecule has 4 rings (SSSR count). The van der Waals surface area contributed by atoms with E-state index in [0.29, 0.717) is 26.2 Å². The fourth-order valence-electron chi connectivity index (χ4n) is 3.35. The quantitative estimate of drug-likeness (QED) is 0.798. The van der Waals surface area contributed by atoms with Gasteiger partial charge in [-0.2, -0.15) is 0 Å². The zero-order valence-corrected chi connectivity index (χ0v) is 14.2. The lowest BCUT2D eigenvalue weighted by Crippen LogP contribution is -2.36. The first-order valence-corrected chi connectivity index (χ1v) is 8.56. The number of nitrogens with zero attached hydrogens (tertiary/aromatic N) is 2. The molecule has 1 unspecified atom stereocenters. The fraction of sp³-hybridized carbons (Fsp3) is 0.300. The molecule has 128 valence electrons. The summed E-state index contributed by atoms with van der Waals surface area (Å²) in [6.45, 7) is 3.70. The van der Waals surface area contributed by atoms with E-state index in [2.05, 4.69) is 40.0 Å². The average molecular weight is 335 g/mol. The van der Waals surface area contributed by atoms with Crippen molar-refractivity contribution in [1.82, 2.24) is 14.9 Å². The Labute approximate surface area is 146 Å². The first kappa shape index (κ1) is 15.8. The monoisotopic (exact) mass is 335 g/mol. The average Bonchev–Trinajstić information content (AvgIpc) is 2.98. The van der Waals surface area contributed by atoms with Crippen LogP contribution in [0, 0.1) is 6.92 Å². The van der Waals surface area contributed by atoms with Crippen LogP contribution in [0.3, 0.4) is 0 Å². The summed E-state index contributed by atoms with van der Waals surface area (Å²) in [6, 6.07) is 16.1. The van der Waals surface area contributed by atoms with E-state index in [-0.39, 0.29) is 11.9 Å². The number of fused-ring (bicyclic) bond motifs is 3. The fourth-order valence-corrected chi connectivity index (χ4v) is 3.35. The highest BCUT2D eigenvalue weighted by molar-refractivity contribution is 5.79. The first-order valence-electron chi connectivity index (χ1n) is 8.56. The van der Waals surface area contributed by atoms with Gasteiger partial charge in [0, 0.05) is 6.54 Å². The van der Waals surface area contributed by atoms with Crippen LogP contribution in [-0.4, -0.2) is 28.6 Å². The minimum absolute atomic E-state index is 0.0265. The SMILES string of the molecule is Cc1ccc2c(c1)nc1n2C(CNC(=O)Cc2ccccc2)COC1. The van der Waals surface area contributed by atoms with Gasteiger partial charge in [-0.3, -0.25) is 4.79 Å². The van der Waals surface area contributed by atoms with Gasteiger partial charge in [-0.25, -0.2) is 4.98 Å². The van der Waals surface area contributed by atoms with Gasteiger partial charge >= 0.3 is 0 Å². The molecule has 5 heteroatoms. The Balaban J connectivity index is 1.49. The predicted molar refractivity (Wildman–Crippen MR) is 96.3 cm³/mol. The van der Waals surface area contributed by atoms with E-state index in [1.807, 2.05) is 30.3 Å². The van der Waals surface area contributed by atoms with Crippen LogP contribution >= 0.6 is 0 Å². The number of benzene rings is 2. The highest BCUT2D eigenvalue weighted by atomic mass is 16.5. The predicted octanol–water partition coefficient (Wildman–Crippen LogP) is 2.77. The zero-order chi connectivity index (χ0) is 17.2. The third-order valence-electron chi connectivity index (χ3n) is 4.57. The molecule has 2 heterocycles. The van der Waals surface area contributed by atoms with Gasteiger partial charge in [0.25, 0.3) is 0 Å². The Kier molecular flexibility index (Phi) is 4.24. The lowest BCUT2D eigenvalue weighted by Gasteiger charge is -2.26. The van der Waals surface area contributed by atoms with Crippen LogP contribution in [0.25, 0.3) is 11.0 Å². The van der Waals surface area contributed by atoms with Crippen LogP contribution in [0.15, 0.2) is 48.5 Å². The van der Waals surface area contributed by atoms with Crippen LogP contribution < -0.4 is 5.32 Å². The zero-order valence-electron chi connectivity index (χ0n) is 14.2. The smallest absolute Gasteiger partial charge is 0.224 e. The molecule has 2 aromatic carbocycles. The summed E-state index contributed by atoms with van der Waals surface area (Å²) in [6.07, 6.45) is 0.394. The molecule has 0 saturated heterocycles. The number of rotatable bonds is 4. The van der Waals surface area contributed by atoms with Gasteiger partial charge in [0.2, 0.25) is 5.91 Å². The maximum Gasteiger partial charge on any atom is 0.224 e. The molecular formula is C20H21N3O2. The second kappa shape index (κ2) is 6.69. The van der Waals surface area contributed by atoms with Gasteiger partial charge < -0.3 is 14.6 Å². The van der Waals surface area contributed by atoms with Crippen molar-refractivity contribution < 1.29 is 9.53 Å². The van der Waals surface area contributed by atoms with Crippen LogP contribution in [0.5, 0.6) is 0 Å². The Bertz CT molecular complexity index is 902. The van der Waals surface area contributed by atoms with Gasteiger partial charge in [0.15, 0.2) is 0 Å². The molecule has 0 aliphatic carbocycles. The molecule has 1 amide bonds. The van der Waals surface area contributed by atoms with Crippen LogP contribution in [0.1, 0.15) is 23.0 Å². The molecule has 1 N–H and O–H groups in total. The highest BCUT2D eigenvalue weighted by Gasteiger charge is 2.24. The summed E-state index contributed by atoms with van der Waals surface area (Å²) in [5.41, 5.74) is 4.30. The molecule has 25 heavy (non-hydrogen) atoms. The van der Waals surface area contributed by atoms with Crippen molar-refractivity contribution in [2.24, 2.45) is 0 Å². The van der Waals surface area contributed by atoms with E-state index < -0.39 is 0 Å². The van der Waals surface area contributed by atoms with Crippen molar-refractivity contribution in [3.05, 3.63) is 65.5 Å². The number of carbonyl (C=O) groups excluding carboxylic acids is 1. The maximum absolute atomic E-state index is 12.2. The summed E-state index contributed by atoms with van der Waals surface area (Å²) >= 11 is 0. The lowest BCUT2D eigenvalue weighted by atomic mass is 10.1. The Morgan fingerprint density at radius 2 is 2.12 bits per heavy atom. The molecule has 1 atom stereocenters. The molecule has 1 aliphatic rings. The van der Waals surface area contributed by atoms with Gasteiger partial charge in [0.1, 0.15) is 12.4 Å². The summed E-state index contributed by atoms with van der Waals surface area (Å²) in [5, 5.41) is 3.04. The molecule has 1 aromatic heterocycles. The topological polar surface area (TPSA) is 56.2 Å². The number of amides is 1. The Morgan fingerprint density at radius 1 is 1.28 bits per heavy atom. The van der Waals surface area contributed by atoms with Crippen LogP contribution in [-0.2, 0) is 22.6 Å². The number of aryl methyl sites for hydroxylation is 1. The first-order chi connectivity index (χ1) is 12.2. The van der Waals surface area contributed by atoms with E-state index in [1.165, 1.54) is 5.56 Å². The van der Waals surface area contributed by atoms with Crippen molar-refractivity contribution in [3.8, 4) is 0 Å². The van der Waals surface area contributed by atoms with E-state index >= 15 is 0 Å². The van der Waals surface area contributed by atoms with E-state index in [4.69, 9.17) is 4.74 Å². The number of hydrogen-bond donors (Lipinski definition) is 1. The van der Waals surface area contributed by atoms with Crippen LogP contribution in [0.4, 0.5) is 0 Å². The largest absolute Gasteiger partial charge is 0.371 e. The van der Waals surface area contributed by atoms with E-state index in [0.717, 1.165) is 22.4 Å². The number of ether oxygens (including phenoxy) is 1. The van der Waals surface area contributed by atoms with Gasteiger partial charge in [-0.05, 0) is 30.2 Å². The third kappa shape index (κ3) is 3.28. The second-order valence-electron chi connectivity index (χ2n) is 6.53. The number of imidazole rings is 1. The maximum atomic E-state index is 12.2.